The summed E-state index contributed by atoms with van der Waals surface area (Å²) in [5.41, 5.74) is 5.07. The van der Waals surface area contributed by atoms with Crippen LogP contribution in [0.2, 0.25) is 0 Å². The molecule has 3 rings (SSSR count). The van der Waals surface area contributed by atoms with Crippen LogP contribution in [0, 0.1) is 6.92 Å². The minimum Gasteiger partial charge on any atom is -0.490 e. The number of hydrogen-bond acceptors (Lipinski definition) is 5. The molecule has 0 aromatic heterocycles. The Balaban J connectivity index is 1.50. The van der Waals surface area contributed by atoms with Crippen LogP contribution in [-0.4, -0.2) is 32.1 Å². The van der Waals surface area contributed by atoms with Gasteiger partial charge in [-0.1, -0.05) is 35.9 Å². The third-order valence-corrected chi connectivity index (χ3v) is 4.31. The lowest BCUT2D eigenvalue weighted by molar-refractivity contribution is 0.208. The molecule has 0 radical (unpaired) electrons. The van der Waals surface area contributed by atoms with Gasteiger partial charge >= 0.3 is 6.03 Å². The third-order valence-electron chi connectivity index (χ3n) is 4.31. The maximum absolute atomic E-state index is 11.9. The number of amides is 2. The van der Waals surface area contributed by atoms with Crippen LogP contribution in [0.25, 0.3) is 0 Å². The number of carbonyl (C=O) groups excluding carboxylic acids is 1. The molecule has 3 aromatic carbocycles. The van der Waals surface area contributed by atoms with E-state index in [-0.39, 0.29) is 0 Å². The molecule has 0 saturated heterocycles. The molecule has 2 amide bonds. The van der Waals surface area contributed by atoms with E-state index >= 15 is 0 Å². The summed E-state index contributed by atoms with van der Waals surface area (Å²) in [6.07, 6.45) is 1.54. The molecule has 0 aliphatic carbocycles. The summed E-state index contributed by atoms with van der Waals surface area (Å²) in [7, 11) is 0. The van der Waals surface area contributed by atoms with Gasteiger partial charge in [0.25, 0.3) is 0 Å². The SMILES string of the molecule is CCOc1cc(/C=N/NC(=O)Nc2ccccc2)ccc1OCCOc1ccc(C)cc1. The molecular weight excluding hydrogens is 406 g/mol. The largest absolute Gasteiger partial charge is 0.490 e. The Hall–Kier alpha value is -4.00. The van der Waals surface area contributed by atoms with Gasteiger partial charge in [-0.05, 0) is 61.9 Å². The number of nitrogens with zero attached hydrogens (tertiary/aromatic N) is 1. The van der Waals surface area contributed by atoms with Crippen molar-refractivity contribution in [3.05, 3.63) is 83.9 Å². The quantitative estimate of drug-likeness (QED) is 0.268. The summed E-state index contributed by atoms with van der Waals surface area (Å²) in [4.78, 5) is 11.9. The lowest BCUT2D eigenvalue weighted by atomic mass is 10.2. The summed E-state index contributed by atoms with van der Waals surface area (Å²) >= 11 is 0. The van der Waals surface area contributed by atoms with E-state index in [0.29, 0.717) is 37.0 Å². The summed E-state index contributed by atoms with van der Waals surface area (Å²) in [5, 5.41) is 6.67. The number of rotatable bonds is 10. The van der Waals surface area contributed by atoms with E-state index in [4.69, 9.17) is 14.2 Å². The van der Waals surface area contributed by atoms with Gasteiger partial charge in [-0.2, -0.15) is 5.10 Å². The number of benzene rings is 3. The Morgan fingerprint density at radius 3 is 2.41 bits per heavy atom. The zero-order valence-electron chi connectivity index (χ0n) is 18.2. The molecule has 0 heterocycles. The van der Waals surface area contributed by atoms with E-state index in [9.17, 15) is 4.79 Å². The third kappa shape index (κ3) is 7.36. The van der Waals surface area contributed by atoms with E-state index in [1.807, 2.05) is 68.4 Å². The predicted molar refractivity (Wildman–Crippen MR) is 126 cm³/mol. The van der Waals surface area contributed by atoms with Crippen molar-refractivity contribution in [2.75, 3.05) is 25.1 Å². The van der Waals surface area contributed by atoms with Gasteiger partial charge < -0.3 is 19.5 Å². The van der Waals surface area contributed by atoms with Crippen LogP contribution in [-0.2, 0) is 0 Å². The van der Waals surface area contributed by atoms with E-state index in [1.165, 1.54) is 11.8 Å². The topological polar surface area (TPSA) is 81.2 Å². The molecule has 32 heavy (non-hydrogen) atoms. The van der Waals surface area contributed by atoms with Gasteiger partial charge in [0.15, 0.2) is 11.5 Å². The fourth-order valence-corrected chi connectivity index (χ4v) is 2.78. The van der Waals surface area contributed by atoms with Crippen molar-refractivity contribution in [2.24, 2.45) is 5.10 Å². The predicted octanol–water partition coefficient (Wildman–Crippen LogP) is 5.01. The van der Waals surface area contributed by atoms with Crippen LogP contribution in [0.4, 0.5) is 10.5 Å². The second-order valence-corrected chi connectivity index (χ2v) is 6.84. The summed E-state index contributed by atoms with van der Waals surface area (Å²) < 4.78 is 17.2. The zero-order valence-corrected chi connectivity index (χ0v) is 18.2. The van der Waals surface area contributed by atoms with Crippen LogP contribution in [0.1, 0.15) is 18.1 Å². The molecule has 0 atom stereocenters. The Kier molecular flexibility index (Phi) is 8.50. The molecule has 3 aromatic rings. The highest BCUT2D eigenvalue weighted by molar-refractivity contribution is 5.90. The van der Waals surface area contributed by atoms with Crippen molar-refractivity contribution < 1.29 is 19.0 Å². The number of nitrogens with one attached hydrogen (secondary N) is 2. The Bertz CT molecular complexity index is 1020. The molecule has 0 aliphatic rings. The lowest BCUT2D eigenvalue weighted by Crippen LogP contribution is -2.24. The van der Waals surface area contributed by atoms with Crippen LogP contribution < -0.4 is 25.0 Å². The fraction of sp³-hybridized carbons (Fsp3) is 0.200. The first-order valence-electron chi connectivity index (χ1n) is 10.4. The molecule has 7 nitrogen and oxygen atoms in total. The van der Waals surface area contributed by atoms with Gasteiger partial charge in [0.1, 0.15) is 19.0 Å². The maximum atomic E-state index is 11.9. The van der Waals surface area contributed by atoms with Gasteiger partial charge in [-0.3, -0.25) is 0 Å². The van der Waals surface area contributed by atoms with Crippen LogP contribution in [0.5, 0.6) is 17.2 Å². The average Bonchev–Trinajstić information content (AvgIpc) is 2.80. The molecule has 0 unspecified atom stereocenters. The number of ether oxygens (including phenoxy) is 3. The van der Waals surface area contributed by atoms with Crippen molar-refractivity contribution in [3.8, 4) is 17.2 Å². The minimum atomic E-state index is -0.425. The lowest BCUT2D eigenvalue weighted by Gasteiger charge is -2.13. The molecule has 0 saturated carbocycles. The zero-order chi connectivity index (χ0) is 22.6. The number of para-hydroxylation sites is 1. The number of aryl methyl sites for hydroxylation is 1. The Morgan fingerprint density at radius 1 is 0.906 bits per heavy atom. The molecular formula is C25H27N3O4. The molecule has 2 N–H and O–H groups in total. The van der Waals surface area contributed by atoms with Crippen LogP contribution >= 0.6 is 0 Å². The average molecular weight is 434 g/mol. The van der Waals surface area contributed by atoms with E-state index in [2.05, 4.69) is 15.8 Å². The van der Waals surface area contributed by atoms with E-state index < -0.39 is 6.03 Å². The molecule has 7 heteroatoms. The first-order chi connectivity index (χ1) is 15.6. The Morgan fingerprint density at radius 2 is 1.66 bits per heavy atom. The second-order valence-electron chi connectivity index (χ2n) is 6.84. The highest BCUT2D eigenvalue weighted by Gasteiger charge is 2.07. The number of carbonyl (C=O) groups is 1. The molecule has 0 bridgehead atoms. The highest BCUT2D eigenvalue weighted by atomic mass is 16.5. The fourth-order valence-electron chi connectivity index (χ4n) is 2.78. The van der Waals surface area contributed by atoms with Crippen molar-refractivity contribution in [1.82, 2.24) is 5.43 Å². The minimum absolute atomic E-state index is 0.378. The van der Waals surface area contributed by atoms with Crippen LogP contribution in [0.3, 0.4) is 0 Å². The van der Waals surface area contributed by atoms with Gasteiger partial charge in [0.05, 0.1) is 12.8 Å². The van der Waals surface area contributed by atoms with Gasteiger partial charge in [0.2, 0.25) is 0 Å². The summed E-state index contributed by atoms with van der Waals surface area (Å²) in [6, 6.07) is 22.0. The van der Waals surface area contributed by atoms with Crippen molar-refractivity contribution in [3.63, 3.8) is 0 Å². The number of anilines is 1. The maximum Gasteiger partial charge on any atom is 0.339 e. The summed E-state index contributed by atoms with van der Waals surface area (Å²) in [6.45, 7) is 5.22. The first kappa shape index (κ1) is 22.7. The second kappa shape index (κ2) is 12.0. The molecule has 0 aliphatic heterocycles. The van der Waals surface area contributed by atoms with Crippen molar-refractivity contribution in [2.45, 2.75) is 13.8 Å². The Labute approximate surface area is 188 Å². The summed E-state index contributed by atoms with van der Waals surface area (Å²) in [5.74, 6) is 2.02. The number of urea groups is 1. The highest BCUT2D eigenvalue weighted by Crippen LogP contribution is 2.28. The number of hydrazone groups is 1. The number of hydrogen-bond donors (Lipinski definition) is 2. The normalized spacial score (nSPS) is 10.6. The van der Waals surface area contributed by atoms with E-state index in [0.717, 1.165) is 11.3 Å². The van der Waals surface area contributed by atoms with Crippen molar-refractivity contribution >= 4 is 17.9 Å². The van der Waals surface area contributed by atoms with Gasteiger partial charge in [-0.25, -0.2) is 10.2 Å². The smallest absolute Gasteiger partial charge is 0.339 e. The van der Waals surface area contributed by atoms with Gasteiger partial charge in [-0.15, -0.1) is 0 Å². The van der Waals surface area contributed by atoms with Crippen LogP contribution in [0.15, 0.2) is 77.9 Å². The molecule has 0 spiro atoms. The van der Waals surface area contributed by atoms with E-state index in [1.54, 1.807) is 18.2 Å². The van der Waals surface area contributed by atoms with Gasteiger partial charge in [0, 0.05) is 5.69 Å². The molecule has 0 fully saturated rings. The first-order valence-corrected chi connectivity index (χ1v) is 10.4. The molecule has 166 valence electrons. The van der Waals surface area contributed by atoms with Crippen molar-refractivity contribution in [1.29, 1.82) is 0 Å². The monoisotopic (exact) mass is 433 g/mol. The standard InChI is InChI=1S/C25H27N3O4/c1-3-30-24-17-20(18-26-28-25(29)27-21-7-5-4-6-8-21)11-14-23(24)32-16-15-31-22-12-9-19(2)10-13-22/h4-14,17-18H,3,15-16H2,1-2H3,(H2,27,28,29)/b26-18+.